The smallest absolute Gasteiger partial charge is 0.325 e. The van der Waals surface area contributed by atoms with Gasteiger partial charge in [-0.05, 0) is 48.9 Å². The predicted molar refractivity (Wildman–Crippen MR) is 128 cm³/mol. The third-order valence-electron chi connectivity index (χ3n) is 5.43. The van der Waals surface area contributed by atoms with Crippen LogP contribution in [0.25, 0.3) is 0 Å². The molecule has 3 aromatic rings. The molecule has 3 aromatic carbocycles. The number of para-hydroxylation sites is 1. The van der Waals surface area contributed by atoms with E-state index in [4.69, 9.17) is 5.73 Å². The standard InChI is InChI=1S/C25H22N4O4S/c1-25(17-9-7-8-16(14-17)22(26)31)23(32)29(24(33)28-25)15-21(30)27-19-12-5-6-13-20(19)34-18-10-3-2-4-11-18/h2-14H,15H2,1H3,(H2,26,31)(H,27,30)(H,28,33). The van der Waals surface area contributed by atoms with E-state index in [2.05, 4.69) is 10.6 Å². The summed E-state index contributed by atoms with van der Waals surface area (Å²) in [5.74, 6) is -1.76. The summed E-state index contributed by atoms with van der Waals surface area (Å²) in [5, 5.41) is 5.42. The number of carbonyl (C=O) groups is 4. The zero-order valence-corrected chi connectivity index (χ0v) is 19.1. The van der Waals surface area contributed by atoms with Crippen molar-refractivity contribution in [3.05, 3.63) is 90.0 Å². The van der Waals surface area contributed by atoms with E-state index in [1.807, 2.05) is 42.5 Å². The Labute approximate surface area is 200 Å². The summed E-state index contributed by atoms with van der Waals surface area (Å²) in [7, 11) is 0. The van der Waals surface area contributed by atoms with Gasteiger partial charge in [-0.3, -0.25) is 19.3 Å². The molecule has 8 nitrogen and oxygen atoms in total. The molecule has 4 rings (SSSR count). The monoisotopic (exact) mass is 474 g/mol. The van der Waals surface area contributed by atoms with Crippen molar-refractivity contribution in [3.63, 3.8) is 0 Å². The predicted octanol–water partition coefficient (Wildman–Crippen LogP) is 3.34. The zero-order chi connectivity index (χ0) is 24.3. The summed E-state index contributed by atoms with van der Waals surface area (Å²) in [5.41, 5.74) is 5.10. The Morgan fingerprint density at radius 1 is 1.00 bits per heavy atom. The fourth-order valence-corrected chi connectivity index (χ4v) is 4.55. The molecule has 1 aliphatic heterocycles. The van der Waals surface area contributed by atoms with Crippen LogP contribution >= 0.6 is 11.8 Å². The Morgan fingerprint density at radius 2 is 1.71 bits per heavy atom. The molecule has 5 amide bonds. The van der Waals surface area contributed by atoms with Crippen molar-refractivity contribution in [2.45, 2.75) is 22.3 Å². The minimum Gasteiger partial charge on any atom is -0.366 e. The highest BCUT2D eigenvalue weighted by Crippen LogP contribution is 2.33. The molecule has 1 unspecified atom stereocenters. The third kappa shape index (κ3) is 4.65. The molecule has 0 aromatic heterocycles. The molecule has 0 spiro atoms. The van der Waals surface area contributed by atoms with Crippen LogP contribution in [0.3, 0.4) is 0 Å². The van der Waals surface area contributed by atoms with Gasteiger partial charge in [-0.15, -0.1) is 0 Å². The lowest BCUT2D eigenvalue weighted by Gasteiger charge is -2.22. The average molecular weight is 475 g/mol. The second-order valence-electron chi connectivity index (χ2n) is 7.85. The number of rotatable bonds is 7. The van der Waals surface area contributed by atoms with Crippen molar-refractivity contribution in [1.82, 2.24) is 10.2 Å². The fraction of sp³-hybridized carbons (Fsp3) is 0.120. The second-order valence-corrected chi connectivity index (χ2v) is 8.97. The first-order chi connectivity index (χ1) is 16.3. The lowest BCUT2D eigenvalue weighted by atomic mass is 9.90. The van der Waals surface area contributed by atoms with Gasteiger partial charge in [-0.25, -0.2) is 4.79 Å². The van der Waals surface area contributed by atoms with Crippen LogP contribution in [-0.2, 0) is 15.1 Å². The topological polar surface area (TPSA) is 122 Å². The molecule has 4 N–H and O–H groups in total. The Hall–Kier alpha value is -4.11. The first-order valence-corrected chi connectivity index (χ1v) is 11.3. The molecule has 0 radical (unpaired) electrons. The fourth-order valence-electron chi connectivity index (χ4n) is 3.63. The molecule has 1 aliphatic rings. The number of nitrogens with zero attached hydrogens (tertiary/aromatic N) is 1. The molecule has 34 heavy (non-hydrogen) atoms. The number of hydrogen-bond acceptors (Lipinski definition) is 5. The number of hydrogen-bond donors (Lipinski definition) is 3. The van der Waals surface area contributed by atoms with Gasteiger partial charge in [0, 0.05) is 15.4 Å². The minimum absolute atomic E-state index is 0.212. The SMILES string of the molecule is CC1(c2cccc(C(N)=O)c2)NC(=O)N(CC(=O)Nc2ccccc2Sc2ccccc2)C1=O. The lowest BCUT2D eigenvalue weighted by molar-refractivity contribution is -0.133. The number of carbonyl (C=O) groups excluding carboxylic acids is 4. The summed E-state index contributed by atoms with van der Waals surface area (Å²) in [6.07, 6.45) is 0. The molecule has 1 heterocycles. The highest BCUT2D eigenvalue weighted by molar-refractivity contribution is 7.99. The first-order valence-electron chi connectivity index (χ1n) is 10.4. The van der Waals surface area contributed by atoms with E-state index in [0.29, 0.717) is 11.3 Å². The maximum absolute atomic E-state index is 13.2. The number of amides is 5. The Kier molecular flexibility index (Phi) is 6.38. The van der Waals surface area contributed by atoms with E-state index in [1.165, 1.54) is 30.8 Å². The van der Waals surface area contributed by atoms with Crippen LogP contribution in [0.4, 0.5) is 10.5 Å². The van der Waals surface area contributed by atoms with Gasteiger partial charge in [-0.1, -0.05) is 54.2 Å². The van der Waals surface area contributed by atoms with Gasteiger partial charge in [0.05, 0.1) is 5.69 Å². The van der Waals surface area contributed by atoms with Gasteiger partial charge < -0.3 is 16.4 Å². The van der Waals surface area contributed by atoms with E-state index in [-0.39, 0.29) is 5.56 Å². The largest absolute Gasteiger partial charge is 0.366 e. The summed E-state index contributed by atoms with van der Waals surface area (Å²) >= 11 is 1.49. The van der Waals surface area contributed by atoms with E-state index in [9.17, 15) is 19.2 Å². The number of primary amides is 1. The van der Waals surface area contributed by atoms with Crippen LogP contribution in [0.5, 0.6) is 0 Å². The van der Waals surface area contributed by atoms with E-state index in [0.717, 1.165) is 14.7 Å². The summed E-state index contributed by atoms with van der Waals surface area (Å²) in [4.78, 5) is 52.8. The van der Waals surface area contributed by atoms with Crippen molar-refractivity contribution < 1.29 is 19.2 Å². The average Bonchev–Trinajstić information content (AvgIpc) is 3.05. The van der Waals surface area contributed by atoms with E-state index >= 15 is 0 Å². The summed E-state index contributed by atoms with van der Waals surface area (Å²) in [6, 6.07) is 22.5. The molecule has 0 bridgehead atoms. The van der Waals surface area contributed by atoms with E-state index in [1.54, 1.807) is 24.3 Å². The van der Waals surface area contributed by atoms with Gasteiger partial charge in [-0.2, -0.15) is 0 Å². The van der Waals surface area contributed by atoms with Gasteiger partial charge in [0.1, 0.15) is 12.1 Å². The van der Waals surface area contributed by atoms with Crippen LogP contribution in [0.1, 0.15) is 22.8 Å². The number of imide groups is 1. The molecular weight excluding hydrogens is 452 g/mol. The second kappa shape index (κ2) is 9.40. The number of nitrogens with one attached hydrogen (secondary N) is 2. The maximum Gasteiger partial charge on any atom is 0.325 e. The van der Waals surface area contributed by atoms with Gasteiger partial charge >= 0.3 is 6.03 Å². The van der Waals surface area contributed by atoms with Crippen LogP contribution in [0.2, 0.25) is 0 Å². The number of urea groups is 1. The van der Waals surface area contributed by atoms with Crippen LogP contribution in [0, 0.1) is 0 Å². The maximum atomic E-state index is 13.2. The Balaban J connectivity index is 1.49. The van der Waals surface area contributed by atoms with Crippen molar-refractivity contribution in [2.75, 3.05) is 11.9 Å². The Bertz CT molecular complexity index is 1280. The molecule has 172 valence electrons. The van der Waals surface area contributed by atoms with Crippen molar-refractivity contribution in [2.24, 2.45) is 5.73 Å². The van der Waals surface area contributed by atoms with Crippen molar-refractivity contribution in [3.8, 4) is 0 Å². The normalized spacial score (nSPS) is 17.4. The van der Waals surface area contributed by atoms with Crippen LogP contribution < -0.4 is 16.4 Å². The lowest BCUT2D eigenvalue weighted by Crippen LogP contribution is -2.42. The van der Waals surface area contributed by atoms with E-state index < -0.39 is 35.8 Å². The number of benzene rings is 3. The minimum atomic E-state index is -1.43. The first kappa shape index (κ1) is 23.1. The quantitative estimate of drug-likeness (QED) is 0.454. The van der Waals surface area contributed by atoms with Crippen LogP contribution in [0.15, 0.2) is 88.7 Å². The molecular formula is C25H22N4O4S. The highest BCUT2D eigenvalue weighted by atomic mass is 32.2. The van der Waals surface area contributed by atoms with Gasteiger partial charge in [0.25, 0.3) is 5.91 Å². The third-order valence-corrected chi connectivity index (χ3v) is 6.52. The molecule has 0 aliphatic carbocycles. The zero-order valence-electron chi connectivity index (χ0n) is 18.3. The molecule has 1 saturated heterocycles. The molecule has 1 atom stereocenters. The highest BCUT2D eigenvalue weighted by Gasteiger charge is 2.49. The molecule has 0 saturated carbocycles. The number of nitrogens with two attached hydrogens (primary N) is 1. The van der Waals surface area contributed by atoms with Crippen molar-refractivity contribution >= 4 is 41.2 Å². The Morgan fingerprint density at radius 3 is 2.44 bits per heavy atom. The molecule has 9 heteroatoms. The van der Waals surface area contributed by atoms with Crippen LogP contribution in [-0.4, -0.2) is 35.2 Å². The summed E-state index contributed by atoms with van der Waals surface area (Å²) in [6.45, 7) is 1.07. The number of anilines is 1. The summed E-state index contributed by atoms with van der Waals surface area (Å²) < 4.78 is 0. The molecule has 1 fully saturated rings. The van der Waals surface area contributed by atoms with Gasteiger partial charge in [0.2, 0.25) is 11.8 Å². The van der Waals surface area contributed by atoms with Gasteiger partial charge in [0.15, 0.2) is 0 Å². The van der Waals surface area contributed by atoms with Crippen molar-refractivity contribution in [1.29, 1.82) is 0 Å².